The van der Waals surface area contributed by atoms with Crippen LogP contribution < -0.4 is 5.73 Å². The van der Waals surface area contributed by atoms with Gasteiger partial charge in [-0.2, -0.15) is 0 Å². The summed E-state index contributed by atoms with van der Waals surface area (Å²) < 4.78 is 0. The summed E-state index contributed by atoms with van der Waals surface area (Å²) in [5.74, 6) is -1.26. The molecule has 18 heavy (non-hydrogen) atoms. The molecular formula is C13H26N2O3. The van der Waals surface area contributed by atoms with E-state index in [0.29, 0.717) is 19.0 Å². The average molecular weight is 258 g/mol. The Labute approximate surface area is 109 Å². The van der Waals surface area contributed by atoms with Crippen LogP contribution in [0.15, 0.2) is 0 Å². The van der Waals surface area contributed by atoms with Crippen molar-refractivity contribution in [3.8, 4) is 0 Å². The van der Waals surface area contributed by atoms with Crippen molar-refractivity contribution >= 4 is 11.9 Å². The highest BCUT2D eigenvalue weighted by molar-refractivity contribution is 5.80. The van der Waals surface area contributed by atoms with Crippen molar-refractivity contribution in [2.24, 2.45) is 23.5 Å². The second-order valence-electron chi connectivity index (χ2n) is 5.18. The highest BCUT2D eigenvalue weighted by atomic mass is 16.4. The van der Waals surface area contributed by atoms with Gasteiger partial charge in [0.1, 0.15) is 0 Å². The molecule has 0 saturated heterocycles. The molecular weight excluding hydrogens is 232 g/mol. The van der Waals surface area contributed by atoms with Crippen LogP contribution in [0, 0.1) is 17.8 Å². The number of aliphatic carboxylic acids is 1. The fourth-order valence-electron chi connectivity index (χ4n) is 1.91. The number of carboxylic acid groups (broad SMARTS) is 1. The predicted octanol–water partition coefficient (Wildman–Crippen LogP) is 1.18. The predicted molar refractivity (Wildman–Crippen MR) is 71.1 cm³/mol. The number of nitrogens with two attached hydrogens (primary N) is 1. The van der Waals surface area contributed by atoms with Crippen LogP contribution in [-0.2, 0) is 9.59 Å². The van der Waals surface area contributed by atoms with Crippen molar-refractivity contribution < 1.29 is 14.7 Å². The highest BCUT2D eigenvalue weighted by Gasteiger charge is 2.25. The van der Waals surface area contributed by atoms with E-state index in [1.807, 2.05) is 20.8 Å². The van der Waals surface area contributed by atoms with Gasteiger partial charge in [-0.3, -0.25) is 9.59 Å². The Balaban J connectivity index is 4.62. The molecule has 106 valence electrons. The molecule has 0 aromatic rings. The van der Waals surface area contributed by atoms with Gasteiger partial charge in [0.05, 0.1) is 11.8 Å². The Morgan fingerprint density at radius 2 is 1.83 bits per heavy atom. The molecule has 3 N–H and O–H groups in total. The molecule has 0 heterocycles. The zero-order valence-corrected chi connectivity index (χ0v) is 11.8. The van der Waals surface area contributed by atoms with Gasteiger partial charge in [-0.25, -0.2) is 0 Å². The van der Waals surface area contributed by atoms with Gasteiger partial charge >= 0.3 is 5.97 Å². The van der Waals surface area contributed by atoms with E-state index in [0.717, 1.165) is 6.42 Å². The molecule has 0 bridgehead atoms. The smallest absolute Gasteiger partial charge is 0.308 e. The van der Waals surface area contributed by atoms with Crippen molar-refractivity contribution in [1.82, 2.24) is 4.90 Å². The van der Waals surface area contributed by atoms with E-state index in [-0.39, 0.29) is 18.4 Å². The lowest BCUT2D eigenvalue weighted by atomic mass is 9.95. The van der Waals surface area contributed by atoms with Gasteiger partial charge < -0.3 is 15.7 Å². The van der Waals surface area contributed by atoms with Gasteiger partial charge in [-0.1, -0.05) is 20.8 Å². The summed E-state index contributed by atoms with van der Waals surface area (Å²) in [5, 5.41) is 8.89. The summed E-state index contributed by atoms with van der Waals surface area (Å²) in [6.45, 7) is 8.64. The number of carbonyl (C=O) groups is 2. The van der Waals surface area contributed by atoms with Crippen LogP contribution in [-0.4, -0.2) is 41.5 Å². The standard InChI is InChI=1S/C13H26N2O3/c1-5-15(8-10(4)13(17)18)12(16)11(7-14)6-9(2)3/h9-11H,5-8,14H2,1-4H3,(H,17,18). The molecule has 0 fully saturated rings. The third kappa shape index (κ3) is 5.49. The van der Waals surface area contributed by atoms with E-state index < -0.39 is 11.9 Å². The Hall–Kier alpha value is -1.10. The van der Waals surface area contributed by atoms with Gasteiger partial charge in [-0.05, 0) is 19.3 Å². The Bertz CT molecular complexity index is 279. The molecule has 5 heteroatoms. The van der Waals surface area contributed by atoms with E-state index in [9.17, 15) is 9.59 Å². The molecule has 5 nitrogen and oxygen atoms in total. The number of nitrogens with zero attached hydrogens (tertiary/aromatic N) is 1. The molecule has 0 aliphatic carbocycles. The summed E-state index contributed by atoms with van der Waals surface area (Å²) in [7, 11) is 0. The SMILES string of the molecule is CCN(CC(C)C(=O)O)C(=O)C(CN)CC(C)C. The molecule has 0 radical (unpaired) electrons. The fourth-order valence-corrected chi connectivity index (χ4v) is 1.91. The third-order valence-electron chi connectivity index (χ3n) is 3.00. The number of hydrogen-bond donors (Lipinski definition) is 2. The maximum atomic E-state index is 12.3. The minimum atomic E-state index is -0.880. The molecule has 2 atom stereocenters. The summed E-state index contributed by atoms with van der Waals surface area (Å²) in [6, 6.07) is 0. The number of amides is 1. The Morgan fingerprint density at radius 3 is 2.17 bits per heavy atom. The normalized spacial score (nSPS) is 14.3. The average Bonchev–Trinajstić information content (AvgIpc) is 2.31. The largest absolute Gasteiger partial charge is 0.481 e. The van der Waals surface area contributed by atoms with Gasteiger partial charge in [-0.15, -0.1) is 0 Å². The van der Waals surface area contributed by atoms with Crippen LogP contribution >= 0.6 is 0 Å². The molecule has 0 aliphatic rings. The lowest BCUT2D eigenvalue weighted by Gasteiger charge is -2.27. The first-order valence-corrected chi connectivity index (χ1v) is 6.55. The van der Waals surface area contributed by atoms with E-state index >= 15 is 0 Å². The van der Waals surface area contributed by atoms with Crippen molar-refractivity contribution in [2.45, 2.75) is 34.1 Å². The third-order valence-corrected chi connectivity index (χ3v) is 3.00. The van der Waals surface area contributed by atoms with Crippen LogP contribution in [0.2, 0.25) is 0 Å². The van der Waals surface area contributed by atoms with Gasteiger partial charge in [0, 0.05) is 19.6 Å². The maximum Gasteiger partial charge on any atom is 0.308 e. The van der Waals surface area contributed by atoms with Crippen molar-refractivity contribution in [3.05, 3.63) is 0 Å². The first-order chi connectivity index (χ1) is 8.33. The molecule has 0 spiro atoms. The van der Waals surface area contributed by atoms with E-state index in [2.05, 4.69) is 0 Å². The molecule has 0 saturated carbocycles. The minimum absolute atomic E-state index is 0.0261. The maximum absolute atomic E-state index is 12.3. The summed E-state index contributed by atoms with van der Waals surface area (Å²) in [4.78, 5) is 24.7. The van der Waals surface area contributed by atoms with Gasteiger partial charge in [0.25, 0.3) is 0 Å². The van der Waals surface area contributed by atoms with E-state index in [4.69, 9.17) is 10.8 Å². The zero-order valence-electron chi connectivity index (χ0n) is 11.8. The van der Waals surface area contributed by atoms with Crippen molar-refractivity contribution in [1.29, 1.82) is 0 Å². The topological polar surface area (TPSA) is 83.6 Å². The minimum Gasteiger partial charge on any atom is -0.481 e. The monoisotopic (exact) mass is 258 g/mol. The molecule has 1 amide bonds. The van der Waals surface area contributed by atoms with E-state index in [1.165, 1.54) is 0 Å². The van der Waals surface area contributed by atoms with Gasteiger partial charge in [0.2, 0.25) is 5.91 Å². The second-order valence-corrected chi connectivity index (χ2v) is 5.18. The highest BCUT2D eigenvalue weighted by Crippen LogP contribution is 2.14. The zero-order chi connectivity index (χ0) is 14.3. The van der Waals surface area contributed by atoms with Gasteiger partial charge in [0.15, 0.2) is 0 Å². The lowest BCUT2D eigenvalue weighted by molar-refractivity contribution is -0.144. The van der Waals surface area contributed by atoms with Crippen LogP contribution in [0.5, 0.6) is 0 Å². The fraction of sp³-hybridized carbons (Fsp3) is 0.846. The lowest BCUT2D eigenvalue weighted by Crippen LogP contribution is -2.42. The van der Waals surface area contributed by atoms with Crippen LogP contribution in [0.4, 0.5) is 0 Å². The van der Waals surface area contributed by atoms with Crippen molar-refractivity contribution in [2.75, 3.05) is 19.6 Å². The number of carboxylic acids is 1. The first-order valence-electron chi connectivity index (χ1n) is 6.55. The van der Waals surface area contributed by atoms with Crippen LogP contribution in [0.25, 0.3) is 0 Å². The summed E-state index contributed by atoms with van der Waals surface area (Å²) >= 11 is 0. The van der Waals surface area contributed by atoms with E-state index in [1.54, 1.807) is 11.8 Å². The molecule has 0 aliphatic heterocycles. The summed E-state index contributed by atoms with van der Waals surface area (Å²) in [6.07, 6.45) is 0.743. The quantitative estimate of drug-likeness (QED) is 0.684. The Morgan fingerprint density at radius 1 is 1.28 bits per heavy atom. The Kier molecular flexibility index (Phi) is 7.59. The number of carbonyl (C=O) groups excluding carboxylic acids is 1. The van der Waals surface area contributed by atoms with Crippen molar-refractivity contribution in [3.63, 3.8) is 0 Å². The molecule has 0 aromatic carbocycles. The second kappa shape index (κ2) is 8.08. The number of rotatable bonds is 8. The van der Waals surface area contributed by atoms with Crippen LogP contribution in [0.3, 0.4) is 0 Å². The molecule has 0 rings (SSSR count). The van der Waals surface area contributed by atoms with Crippen LogP contribution in [0.1, 0.15) is 34.1 Å². The molecule has 0 aromatic heterocycles. The molecule has 2 unspecified atom stereocenters. The summed E-state index contributed by atoms with van der Waals surface area (Å²) in [5.41, 5.74) is 5.64. The first kappa shape index (κ1) is 16.9. The number of hydrogen-bond acceptors (Lipinski definition) is 3.